The van der Waals surface area contributed by atoms with E-state index in [1.165, 1.54) is 11.8 Å². The molecule has 0 saturated carbocycles. The van der Waals surface area contributed by atoms with Crippen molar-refractivity contribution in [3.8, 4) is 22.6 Å². The van der Waals surface area contributed by atoms with Gasteiger partial charge in [0.15, 0.2) is 5.76 Å². The summed E-state index contributed by atoms with van der Waals surface area (Å²) in [5.41, 5.74) is 4.40. The van der Waals surface area contributed by atoms with E-state index in [-0.39, 0.29) is 18.9 Å². The predicted molar refractivity (Wildman–Crippen MR) is 161 cm³/mol. The molecule has 2 N–H and O–H groups in total. The number of hydrogen-bond acceptors (Lipinski definition) is 6. The van der Waals surface area contributed by atoms with E-state index in [0.717, 1.165) is 22.3 Å². The molecule has 3 aromatic carbocycles. The van der Waals surface area contributed by atoms with Crippen molar-refractivity contribution in [2.75, 3.05) is 19.1 Å². The standard InChI is InChI=1S/C30H29ClN2O5S.Li.H/c1-18-6-4-5-7-22(18)24-16-20(10-13-23(24)28(34)33-25(30(35)36)14-15-39-3)27(37-2)26-17-32-29(38-26)19-8-11-21(31)12-9-19;;/h4-13,16-17,25,27H,14-15H2,1-3H3,(H,33,34)(H,35,36);;. The first-order chi connectivity index (χ1) is 18.8. The summed E-state index contributed by atoms with van der Waals surface area (Å²) >= 11 is 7.53. The molecule has 2 atom stereocenters. The third-order valence-corrected chi connectivity index (χ3v) is 7.25. The molecule has 0 aliphatic heterocycles. The van der Waals surface area contributed by atoms with Crippen molar-refractivity contribution in [2.24, 2.45) is 0 Å². The maximum atomic E-state index is 13.4. The molecule has 204 valence electrons. The number of nitrogens with zero attached hydrogens (tertiary/aromatic N) is 1. The number of aromatic nitrogens is 1. The molecule has 0 aliphatic rings. The van der Waals surface area contributed by atoms with Gasteiger partial charge in [0.25, 0.3) is 5.91 Å². The normalized spacial score (nSPS) is 12.3. The number of carboxylic acid groups (broad SMARTS) is 1. The Bertz CT molecular complexity index is 1460. The van der Waals surface area contributed by atoms with Crippen molar-refractivity contribution in [3.05, 3.63) is 100 Å². The summed E-state index contributed by atoms with van der Waals surface area (Å²) in [6, 6.07) is 19.3. The van der Waals surface area contributed by atoms with E-state index in [9.17, 15) is 14.7 Å². The molecule has 0 saturated heterocycles. The number of carbonyl (C=O) groups is 2. The maximum absolute atomic E-state index is 13.4. The summed E-state index contributed by atoms with van der Waals surface area (Å²) in [5.74, 6) is 0.0350. The Morgan fingerprint density at radius 3 is 2.48 bits per heavy atom. The van der Waals surface area contributed by atoms with E-state index >= 15 is 0 Å². The van der Waals surface area contributed by atoms with Crippen molar-refractivity contribution >= 4 is 54.1 Å². The second-order valence-electron chi connectivity index (χ2n) is 8.96. The molecule has 0 radical (unpaired) electrons. The quantitative estimate of drug-likeness (QED) is 0.213. The zero-order valence-corrected chi connectivity index (χ0v) is 23.4. The van der Waals surface area contributed by atoms with Crippen LogP contribution in [0.25, 0.3) is 22.6 Å². The second kappa shape index (κ2) is 14.6. The molecular weight excluding hydrogens is 543 g/mol. The second-order valence-corrected chi connectivity index (χ2v) is 10.4. The number of amides is 1. The molecule has 2 unspecified atom stereocenters. The summed E-state index contributed by atoms with van der Waals surface area (Å²) < 4.78 is 11.9. The number of halogens is 1. The van der Waals surface area contributed by atoms with Crippen LogP contribution in [0.15, 0.2) is 77.3 Å². The van der Waals surface area contributed by atoms with Crippen LogP contribution >= 0.6 is 23.4 Å². The molecule has 10 heteroatoms. The number of oxazole rings is 1. The van der Waals surface area contributed by atoms with Gasteiger partial charge in [0, 0.05) is 23.3 Å². The van der Waals surface area contributed by atoms with Crippen molar-refractivity contribution in [1.29, 1.82) is 0 Å². The predicted octanol–water partition coefficient (Wildman–Crippen LogP) is 5.99. The van der Waals surface area contributed by atoms with Crippen LogP contribution in [-0.4, -0.2) is 66.0 Å². The Labute approximate surface area is 254 Å². The van der Waals surface area contributed by atoms with Crippen molar-refractivity contribution in [2.45, 2.75) is 25.5 Å². The van der Waals surface area contributed by atoms with E-state index in [2.05, 4.69) is 10.3 Å². The molecule has 1 aromatic heterocycles. The van der Waals surface area contributed by atoms with Gasteiger partial charge in [0.1, 0.15) is 12.1 Å². The van der Waals surface area contributed by atoms with Crippen LogP contribution < -0.4 is 5.32 Å². The SMILES string of the molecule is COC(c1ccc(C(=O)NC(CCSC)C(=O)O)c(-c2ccccc2C)c1)c1cnc(-c2ccc(Cl)cc2)o1.[LiH]. The van der Waals surface area contributed by atoms with Gasteiger partial charge in [-0.25, -0.2) is 9.78 Å². The monoisotopic (exact) mass is 572 g/mol. The average Bonchev–Trinajstić information content (AvgIpc) is 3.41. The minimum atomic E-state index is -1.06. The molecule has 7 nitrogen and oxygen atoms in total. The fourth-order valence-electron chi connectivity index (χ4n) is 4.30. The van der Waals surface area contributed by atoms with Crippen LogP contribution in [0.4, 0.5) is 0 Å². The fourth-order valence-corrected chi connectivity index (χ4v) is 4.90. The number of nitrogens with one attached hydrogen (secondary N) is 1. The first-order valence-corrected chi connectivity index (χ1v) is 14.1. The fraction of sp³-hybridized carbons (Fsp3) is 0.233. The van der Waals surface area contributed by atoms with E-state index in [1.54, 1.807) is 37.6 Å². The molecule has 40 heavy (non-hydrogen) atoms. The van der Waals surface area contributed by atoms with E-state index in [0.29, 0.717) is 40.0 Å². The number of carboxylic acids is 1. The van der Waals surface area contributed by atoms with Gasteiger partial charge in [-0.2, -0.15) is 11.8 Å². The Morgan fingerprint density at radius 1 is 1.10 bits per heavy atom. The zero-order chi connectivity index (χ0) is 27.9. The summed E-state index contributed by atoms with van der Waals surface area (Å²) in [4.78, 5) is 29.6. The van der Waals surface area contributed by atoms with E-state index < -0.39 is 24.0 Å². The molecule has 0 spiro atoms. The van der Waals surface area contributed by atoms with Gasteiger partial charge in [-0.1, -0.05) is 41.9 Å². The van der Waals surface area contributed by atoms with Crippen LogP contribution in [0.1, 0.15) is 39.8 Å². The molecule has 1 amide bonds. The Morgan fingerprint density at radius 2 is 1.82 bits per heavy atom. The number of benzene rings is 3. The molecule has 4 aromatic rings. The van der Waals surface area contributed by atoms with Crippen LogP contribution in [-0.2, 0) is 9.53 Å². The molecule has 4 rings (SSSR count). The Balaban J connectivity index is 0.00000441. The first-order valence-electron chi connectivity index (χ1n) is 12.3. The molecule has 0 fully saturated rings. The van der Waals surface area contributed by atoms with E-state index in [4.69, 9.17) is 20.8 Å². The minimum absolute atomic E-state index is 0. The number of carbonyl (C=O) groups excluding carboxylic acids is 1. The summed E-state index contributed by atoms with van der Waals surface area (Å²) in [6.07, 6.45) is 3.25. The number of aliphatic carboxylic acids is 1. The number of rotatable bonds is 11. The summed E-state index contributed by atoms with van der Waals surface area (Å²) in [6.45, 7) is 1.96. The number of aryl methyl sites for hydroxylation is 1. The van der Waals surface area contributed by atoms with Gasteiger partial charge in [-0.05, 0) is 84.0 Å². The first kappa shape index (κ1) is 31.5. The Kier molecular flexibility index (Phi) is 11.5. The van der Waals surface area contributed by atoms with Crippen molar-refractivity contribution in [3.63, 3.8) is 0 Å². The molecule has 0 bridgehead atoms. The van der Waals surface area contributed by atoms with Crippen molar-refractivity contribution in [1.82, 2.24) is 10.3 Å². The molecule has 1 heterocycles. The Hall–Kier alpha value is -2.99. The summed E-state index contributed by atoms with van der Waals surface area (Å²) in [5, 5.41) is 12.9. The van der Waals surface area contributed by atoms with Crippen LogP contribution in [0.3, 0.4) is 0 Å². The number of methoxy groups -OCH3 is 1. The molecule has 0 aliphatic carbocycles. The number of thioether (sulfide) groups is 1. The third kappa shape index (κ3) is 7.39. The van der Waals surface area contributed by atoms with Gasteiger partial charge in [0.2, 0.25) is 5.89 Å². The average molecular weight is 573 g/mol. The zero-order valence-electron chi connectivity index (χ0n) is 21.8. The van der Waals surface area contributed by atoms with Crippen LogP contribution in [0, 0.1) is 6.92 Å². The molecular formula is C30H30ClLiN2O5S. The van der Waals surface area contributed by atoms with Crippen molar-refractivity contribution < 1.29 is 23.8 Å². The van der Waals surface area contributed by atoms with Crippen LogP contribution in [0.5, 0.6) is 0 Å². The summed E-state index contributed by atoms with van der Waals surface area (Å²) in [7, 11) is 1.58. The van der Waals surface area contributed by atoms with E-state index in [1.807, 2.05) is 55.6 Å². The van der Waals surface area contributed by atoms with Gasteiger partial charge in [-0.3, -0.25) is 4.79 Å². The topological polar surface area (TPSA) is 102 Å². The third-order valence-electron chi connectivity index (χ3n) is 6.35. The van der Waals surface area contributed by atoms with Gasteiger partial charge >= 0.3 is 24.8 Å². The van der Waals surface area contributed by atoms with Gasteiger partial charge in [-0.15, -0.1) is 0 Å². The van der Waals surface area contributed by atoms with Gasteiger partial charge < -0.3 is 19.6 Å². The number of ether oxygens (including phenoxy) is 1. The van der Waals surface area contributed by atoms with Crippen LogP contribution in [0.2, 0.25) is 5.02 Å². The number of hydrogen-bond donors (Lipinski definition) is 2. The van der Waals surface area contributed by atoms with Gasteiger partial charge in [0.05, 0.1) is 6.20 Å².